The molecule has 176 valence electrons. The summed E-state index contributed by atoms with van der Waals surface area (Å²) in [5, 5.41) is 0. The molecule has 0 bridgehead atoms. The summed E-state index contributed by atoms with van der Waals surface area (Å²) in [5.74, 6) is 1.08. The summed E-state index contributed by atoms with van der Waals surface area (Å²) < 4.78 is 17.2. The fraction of sp³-hybridized carbons (Fsp3) is 0.607. The van der Waals surface area contributed by atoms with Crippen LogP contribution in [0.1, 0.15) is 71.9 Å². The average Bonchev–Trinajstić information content (AvgIpc) is 3.57. The van der Waals surface area contributed by atoms with Crippen LogP contribution in [0.2, 0.25) is 0 Å². The van der Waals surface area contributed by atoms with Gasteiger partial charge in [-0.05, 0) is 61.4 Å². The molecule has 1 aromatic carbocycles. The summed E-state index contributed by atoms with van der Waals surface area (Å²) in [6.45, 7) is 16.2. The Kier molecular flexibility index (Phi) is 7.67. The van der Waals surface area contributed by atoms with Crippen molar-refractivity contribution in [3.05, 3.63) is 52.6 Å². The lowest BCUT2D eigenvalue weighted by Gasteiger charge is -2.37. The van der Waals surface area contributed by atoms with Gasteiger partial charge in [-0.2, -0.15) is 0 Å². The minimum absolute atomic E-state index is 0.0291. The summed E-state index contributed by atoms with van der Waals surface area (Å²) in [4.78, 5) is 12.3. The lowest BCUT2D eigenvalue weighted by atomic mass is 9.68. The molecule has 32 heavy (non-hydrogen) atoms. The highest BCUT2D eigenvalue weighted by Gasteiger charge is 2.34. The molecular formula is C28H40O4. The molecule has 1 aromatic rings. The van der Waals surface area contributed by atoms with Crippen molar-refractivity contribution < 1.29 is 19.0 Å². The highest BCUT2D eigenvalue weighted by Crippen LogP contribution is 2.43. The van der Waals surface area contributed by atoms with E-state index in [-0.39, 0.29) is 35.4 Å². The third kappa shape index (κ3) is 5.52. The highest BCUT2D eigenvalue weighted by molar-refractivity contribution is 5.84. The van der Waals surface area contributed by atoms with Gasteiger partial charge in [0.1, 0.15) is 25.1 Å². The molecule has 4 nitrogen and oxygen atoms in total. The molecule has 2 atom stereocenters. The summed E-state index contributed by atoms with van der Waals surface area (Å²) in [7, 11) is 0. The third-order valence-corrected chi connectivity index (χ3v) is 7.01. The molecule has 0 aromatic heterocycles. The largest absolute Gasteiger partial charge is 0.491 e. The van der Waals surface area contributed by atoms with E-state index in [0.717, 1.165) is 37.2 Å². The number of ether oxygens (including phenoxy) is 3. The number of ketones is 1. The first-order chi connectivity index (χ1) is 15.1. The maximum absolute atomic E-state index is 12.3. The number of benzene rings is 1. The van der Waals surface area contributed by atoms with Crippen molar-refractivity contribution in [2.75, 3.05) is 19.8 Å². The van der Waals surface area contributed by atoms with Crippen LogP contribution in [0.4, 0.5) is 0 Å². The first-order valence-electron chi connectivity index (χ1n) is 12.0. The number of allylic oxidation sites excluding steroid dienone is 2. The van der Waals surface area contributed by atoms with Gasteiger partial charge in [0.05, 0.1) is 12.7 Å². The van der Waals surface area contributed by atoms with Crippen molar-refractivity contribution in [2.24, 2.45) is 5.41 Å². The van der Waals surface area contributed by atoms with E-state index >= 15 is 0 Å². The first kappa shape index (κ1) is 24.7. The number of Topliss-reactive ketones (excluding diaryl/α,β-unsaturated/α-hetero) is 1. The Balaban J connectivity index is 1.76. The smallest absolute Gasteiger partial charge is 0.163 e. The fourth-order valence-corrected chi connectivity index (χ4v) is 4.43. The number of rotatable bonds is 10. The number of aryl methyl sites for hydroxylation is 1. The van der Waals surface area contributed by atoms with Crippen molar-refractivity contribution >= 4 is 5.78 Å². The molecule has 1 heterocycles. The molecule has 3 rings (SSSR count). The number of hydrogen-bond acceptors (Lipinski definition) is 4. The van der Waals surface area contributed by atoms with Crippen LogP contribution in [-0.2, 0) is 19.7 Å². The Bertz CT molecular complexity index is 879. The van der Waals surface area contributed by atoms with Gasteiger partial charge < -0.3 is 14.2 Å². The van der Waals surface area contributed by atoms with Gasteiger partial charge in [-0.1, -0.05) is 58.9 Å². The minimum atomic E-state index is -0.369. The first-order valence-corrected chi connectivity index (χ1v) is 12.0. The Morgan fingerprint density at radius 2 is 1.84 bits per heavy atom. The maximum atomic E-state index is 12.3. The van der Waals surface area contributed by atoms with Crippen LogP contribution < -0.4 is 4.74 Å². The standard InChI is InChI=1S/C28H40O4/c1-8-28(9-2,21-10-12-24(19(3)14-21)31-17-23-16-30-23)22-11-13-25(20(4)15-22)32-18-26(29)27(5,6)7/h10-12,14-15,23,25H,8-9,13,16-18H2,1-7H3. The molecule has 0 spiro atoms. The second-order valence-corrected chi connectivity index (χ2v) is 10.3. The lowest BCUT2D eigenvalue weighted by Crippen LogP contribution is -2.31. The predicted octanol–water partition coefficient (Wildman–Crippen LogP) is 6.11. The molecule has 1 aliphatic heterocycles. The van der Waals surface area contributed by atoms with Gasteiger partial charge in [-0.25, -0.2) is 0 Å². The Labute approximate surface area is 194 Å². The van der Waals surface area contributed by atoms with Gasteiger partial charge in [0.25, 0.3) is 0 Å². The number of carbonyl (C=O) groups is 1. The summed E-state index contributed by atoms with van der Waals surface area (Å²) in [5.41, 5.74) is 4.61. The average molecular weight is 441 g/mol. The van der Waals surface area contributed by atoms with Crippen molar-refractivity contribution in [2.45, 2.75) is 85.4 Å². The Morgan fingerprint density at radius 1 is 1.16 bits per heavy atom. The summed E-state index contributed by atoms with van der Waals surface area (Å²) >= 11 is 0. The Morgan fingerprint density at radius 3 is 2.38 bits per heavy atom. The van der Waals surface area contributed by atoms with Crippen molar-refractivity contribution in [3.8, 4) is 5.75 Å². The number of carbonyl (C=O) groups excluding carboxylic acids is 1. The highest BCUT2D eigenvalue weighted by atomic mass is 16.6. The molecule has 1 aliphatic carbocycles. The summed E-state index contributed by atoms with van der Waals surface area (Å²) in [6, 6.07) is 6.61. The zero-order chi connectivity index (χ0) is 23.5. The number of epoxide rings is 1. The number of hydrogen-bond donors (Lipinski definition) is 0. The van der Waals surface area contributed by atoms with Gasteiger partial charge in [0, 0.05) is 10.8 Å². The van der Waals surface area contributed by atoms with E-state index in [2.05, 4.69) is 58.0 Å². The molecule has 2 unspecified atom stereocenters. The van der Waals surface area contributed by atoms with E-state index in [0.29, 0.717) is 6.61 Å². The molecule has 1 fully saturated rings. The van der Waals surface area contributed by atoms with E-state index in [1.165, 1.54) is 16.7 Å². The van der Waals surface area contributed by atoms with Gasteiger partial charge in [0.15, 0.2) is 5.78 Å². The molecule has 0 radical (unpaired) electrons. The topological polar surface area (TPSA) is 48.1 Å². The zero-order valence-electron chi connectivity index (χ0n) is 20.9. The molecule has 0 saturated carbocycles. The van der Waals surface area contributed by atoms with E-state index in [4.69, 9.17) is 14.2 Å². The molecule has 2 aliphatic rings. The van der Waals surface area contributed by atoms with Gasteiger partial charge >= 0.3 is 0 Å². The van der Waals surface area contributed by atoms with Crippen LogP contribution in [0.3, 0.4) is 0 Å². The quantitative estimate of drug-likeness (QED) is 0.412. The summed E-state index contributed by atoms with van der Waals surface area (Å²) in [6.07, 6.45) is 7.67. The van der Waals surface area contributed by atoms with Crippen LogP contribution in [0, 0.1) is 12.3 Å². The normalized spacial score (nSPS) is 21.1. The monoisotopic (exact) mass is 440 g/mol. The van der Waals surface area contributed by atoms with E-state index in [9.17, 15) is 4.79 Å². The Hall–Kier alpha value is -1.91. The van der Waals surface area contributed by atoms with E-state index in [1.807, 2.05) is 20.8 Å². The van der Waals surface area contributed by atoms with E-state index in [1.54, 1.807) is 0 Å². The van der Waals surface area contributed by atoms with Crippen molar-refractivity contribution in [1.29, 1.82) is 0 Å². The lowest BCUT2D eigenvalue weighted by molar-refractivity contribution is -0.132. The third-order valence-electron chi connectivity index (χ3n) is 7.01. The van der Waals surface area contributed by atoms with Gasteiger partial charge in [0.2, 0.25) is 0 Å². The minimum Gasteiger partial charge on any atom is -0.491 e. The SMILES string of the molecule is CCC(CC)(C1=CCC(OCC(=O)C(C)(C)C)C(C)=C1)c1ccc(OCC2CO2)c(C)c1. The second kappa shape index (κ2) is 9.93. The molecule has 0 amide bonds. The van der Waals surface area contributed by atoms with Gasteiger partial charge in [-0.15, -0.1) is 0 Å². The van der Waals surface area contributed by atoms with Crippen molar-refractivity contribution in [3.63, 3.8) is 0 Å². The van der Waals surface area contributed by atoms with E-state index < -0.39 is 0 Å². The fourth-order valence-electron chi connectivity index (χ4n) is 4.43. The molecular weight excluding hydrogens is 400 g/mol. The van der Waals surface area contributed by atoms with Crippen LogP contribution >= 0.6 is 0 Å². The second-order valence-electron chi connectivity index (χ2n) is 10.3. The predicted molar refractivity (Wildman–Crippen MR) is 129 cm³/mol. The van der Waals surface area contributed by atoms with Crippen LogP contribution in [-0.4, -0.2) is 37.8 Å². The van der Waals surface area contributed by atoms with Crippen LogP contribution in [0.15, 0.2) is 41.5 Å². The molecule has 4 heteroatoms. The zero-order valence-corrected chi connectivity index (χ0v) is 20.9. The van der Waals surface area contributed by atoms with Crippen molar-refractivity contribution in [1.82, 2.24) is 0 Å². The van der Waals surface area contributed by atoms with Crippen LogP contribution in [0.5, 0.6) is 5.75 Å². The van der Waals surface area contributed by atoms with Gasteiger partial charge in [-0.3, -0.25) is 4.79 Å². The molecule has 1 saturated heterocycles. The van der Waals surface area contributed by atoms with Crippen LogP contribution in [0.25, 0.3) is 0 Å². The maximum Gasteiger partial charge on any atom is 0.163 e. The molecule has 0 N–H and O–H groups in total.